The number of halogens is 1. The van der Waals surface area contributed by atoms with Gasteiger partial charge in [0, 0.05) is 0 Å². The Hall–Kier alpha value is -2.26. The van der Waals surface area contributed by atoms with Crippen LogP contribution in [-0.2, 0) is 4.79 Å². The Bertz CT molecular complexity index is 618. The van der Waals surface area contributed by atoms with Crippen molar-refractivity contribution in [3.63, 3.8) is 0 Å². The summed E-state index contributed by atoms with van der Waals surface area (Å²) in [6, 6.07) is 5.14. The summed E-state index contributed by atoms with van der Waals surface area (Å²) >= 11 is 3.38. The number of amides is 1. The minimum Gasteiger partial charge on any atom is -0.490 e. The number of hydrogen-bond donors (Lipinski definition) is 1. The molecular weight excluding hydrogens is 336 g/mol. The minimum absolute atomic E-state index is 0.135. The quantitative estimate of drug-likeness (QED) is 0.465. The van der Waals surface area contributed by atoms with Crippen molar-refractivity contribution in [2.45, 2.75) is 6.92 Å². The fraction of sp³-hybridized carbons (Fsp3) is 0.200. The number of carbonyl (C=O) groups is 1. The van der Waals surface area contributed by atoms with Crippen molar-refractivity contribution in [2.24, 2.45) is 5.73 Å². The molecule has 110 valence electrons. The monoisotopic (exact) mass is 350 g/mol. The molecule has 0 aliphatic rings. The van der Waals surface area contributed by atoms with Crippen LogP contribution in [0.1, 0.15) is 12.5 Å². The van der Waals surface area contributed by atoms with Crippen LogP contribution in [0, 0.1) is 11.3 Å². The molecule has 0 aliphatic carbocycles. The molecule has 1 aromatic rings. The third kappa shape index (κ3) is 4.65. The van der Waals surface area contributed by atoms with Gasteiger partial charge in [0.2, 0.25) is 0 Å². The molecule has 1 rings (SSSR count). The van der Waals surface area contributed by atoms with Gasteiger partial charge in [-0.05, 0) is 46.6 Å². The van der Waals surface area contributed by atoms with Crippen molar-refractivity contribution >= 4 is 27.9 Å². The summed E-state index contributed by atoms with van der Waals surface area (Å²) in [7, 11) is 0. The molecule has 0 saturated carbocycles. The Morgan fingerprint density at radius 2 is 2.24 bits per heavy atom. The van der Waals surface area contributed by atoms with Gasteiger partial charge in [-0.2, -0.15) is 5.26 Å². The summed E-state index contributed by atoms with van der Waals surface area (Å²) in [6.07, 6.45) is 3.02. The van der Waals surface area contributed by atoms with Gasteiger partial charge in [0.05, 0.1) is 11.1 Å². The van der Waals surface area contributed by atoms with Crippen molar-refractivity contribution in [2.75, 3.05) is 13.2 Å². The topological polar surface area (TPSA) is 85.3 Å². The average molecular weight is 351 g/mol. The van der Waals surface area contributed by atoms with E-state index >= 15 is 0 Å². The van der Waals surface area contributed by atoms with E-state index in [0.717, 1.165) is 0 Å². The molecule has 0 bridgehead atoms. The van der Waals surface area contributed by atoms with Crippen LogP contribution in [0.3, 0.4) is 0 Å². The minimum atomic E-state index is -0.779. The zero-order valence-electron chi connectivity index (χ0n) is 11.6. The van der Waals surface area contributed by atoms with Crippen LogP contribution in [-0.4, -0.2) is 19.1 Å². The number of primary amides is 1. The number of rotatable bonds is 7. The van der Waals surface area contributed by atoms with Crippen molar-refractivity contribution in [3.05, 3.63) is 40.4 Å². The molecule has 0 aromatic heterocycles. The molecule has 1 amide bonds. The largest absolute Gasteiger partial charge is 0.490 e. The first-order chi connectivity index (χ1) is 10.0. The number of nitriles is 1. The molecule has 0 radical (unpaired) electrons. The molecule has 21 heavy (non-hydrogen) atoms. The summed E-state index contributed by atoms with van der Waals surface area (Å²) in [6.45, 7) is 6.22. The van der Waals surface area contributed by atoms with E-state index in [-0.39, 0.29) is 5.57 Å². The van der Waals surface area contributed by atoms with Gasteiger partial charge in [0.15, 0.2) is 11.5 Å². The van der Waals surface area contributed by atoms with Crippen LogP contribution in [0.2, 0.25) is 0 Å². The van der Waals surface area contributed by atoms with Crippen LogP contribution >= 0.6 is 15.9 Å². The van der Waals surface area contributed by atoms with Crippen molar-refractivity contribution in [3.8, 4) is 17.6 Å². The van der Waals surface area contributed by atoms with Crippen LogP contribution in [0.25, 0.3) is 6.08 Å². The van der Waals surface area contributed by atoms with E-state index in [4.69, 9.17) is 20.5 Å². The van der Waals surface area contributed by atoms with Crippen LogP contribution in [0.4, 0.5) is 0 Å². The highest BCUT2D eigenvalue weighted by Crippen LogP contribution is 2.37. The fourth-order valence-electron chi connectivity index (χ4n) is 1.54. The van der Waals surface area contributed by atoms with Gasteiger partial charge >= 0.3 is 0 Å². The molecule has 5 nitrogen and oxygen atoms in total. The van der Waals surface area contributed by atoms with Gasteiger partial charge in [-0.15, -0.1) is 0 Å². The molecule has 0 fully saturated rings. The van der Waals surface area contributed by atoms with Gasteiger partial charge < -0.3 is 15.2 Å². The third-order valence-corrected chi connectivity index (χ3v) is 2.96. The molecule has 0 atom stereocenters. The molecule has 0 aliphatic heterocycles. The maximum absolute atomic E-state index is 11.1. The van der Waals surface area contributed by atoms with E-state index < -0.39 is 5.91 Å². The van der Waals surface area contributed by atoms with Gasteiger partial charge in [-0.1, -0.05) is 12.7 Å². The van der Waals surface area contributed by atoms with E-state index in [2.05, 4.69) is 22.5 Å². The predicted octanol–water partition coefficient (Wildman–Crippen LogP) is 2.80. The number of nitrogens with zero attached hydrogens (tertiary/aromatic N) is 1. The second-order valence-corrected chi connectivity index (χ2v) is 4.75. The molecule has 2 N–H and O–H groups in total. The summed E-state index contributed by atoms with van der Waals surface area (Å²) < 4.78 is 11.7. The summed E-state index contributed by atoms with van der Waals surface area (Å²) in [5, 5.41) is 8.87. The number of hydrogen-bond acceptors (Lipinski definition) is 4. The van der Waals surface area contributed by atoms with Crippen LogP contribution < -0.4 is 15.2 Å². The van der Waals surface area contributed by atoms with Gasteiger partial charge in [0.25, 0.3) is 5.91 Å². The lowest BCUT2D eigenvalue weighted by Gasteiger charge is -2.13. The lowest BCUT2D eigenvalue weighted by molar-refractivity contribution is -0.114. The third-order valence-electron chi connectivity index (χ3n) is 2.37. The molecule has 0 spiro atoms. The van der Waals surface area contributed by atoms with E-state index in [0.29, 0.717) is 34.7 Å². The first kappa shape index (κ1) is 16.8. The predicted molar refractivity (Wildman–Crippen MR) is 83.8 cm³/mol. The van der Waals surface area contributed by atoms with Gasteiger partial charge in [0.1, 0.15) is 18.2 Å². The van der Waals surface area contributed by atoms with Crippen molar-refractivity contribution in [1.29, 1.82) is 5.26 Å². The number of nitrogens with two attached hydrogens (primary N) is 1. The van der Waals surface area contributed by atoms with Gasteiger partial charge in [-0.25, -0.2) is 0 Å². The molecular formula is C15H15BrN2O3. The maximum Gasteiger partial charge on any atom is 0.259 e. The van der Waals surface area contributed by atoms with Crippen molar-refractivity contribution in [1.82, 2.24) is 0 Å². The first-order valence-electron chi connectivity index (χ1n) is 6.15. The highest BCUT2D eigenvalue weighted by atomic mass is 79.9. The average Bonchev–Trinajstić information content (AvgIpc) is 2.44. The Morgan fingerprint density at radius 1 is 1.52 bits per heavy atom. The molecule has 0 saturated heterocycles. The van der Waals surface area contributed by atoms with Crippen molar-refractivity contribution < 1.29 is 14.3 Å². The molecule has 6 heteroatoms. The highest BCUT2D eigenvalue weighted by molar-refractivity contribution is 9.10. The normalized spacial score (nSPS) is 10.6. The van der Waals surface area contributed by atoms with E-state index in [1.165, 1.54) is 6.08 Å². The first-order valence-corrected chi connectivity index (χ1v) is 6.94. The van der Waals surface area contributed by atoms with E-state index in [1.807, 2.05) is 6.92 Å². The van der Waals surface area contributed by atoms with E-state index in [1.54, 1.807) is 24.3 Å². The Labute approximate surface area is 131 Å². The summed E-state index contributed by atoms with van der Waals surface area (Å²) in [5.74, 6) is 0.256. The second-order valence-electron chi connectivity index (χ2n) is 3.90. The maximum atomic E-state index is 11.1. The Kier molecular flexibility index (Phi) is 6.50. The van der Waals surface area contributed by atoms with Crippen LogP contribution in [0.5, 0.6) is 11.5 Å². The number of carbonyl (C=O) groups excluding carboxylic acids is 1. The molecule has 0 heterocycles. The smallest absolute Gasteiger partial charge is 0.259 e. The summed E-state index contributed by atoms with van der Waals surface area (Å²) in [5.41, 5.74) is 5.59. The zero-order chi connectivity index (χ0) is 15.8. The highest BCUT2D eigenvalue weighted by Gasteiger charge is 2.12. The number of ether oxygens (including phenoxy) is 2. The Balaban J connectivity index is 3.29. The van der Waals surface area contributed by atoms with Crippen LogP contribution in [0.15, 0.2) is 34.8 Å². The lowest BCUT2D eigenvalue weighted by atomic mass is 10.1. The number of benzene rings is 1. The van der Waals surface area contributed by atoms with Gasteiger partial charge in [-0.3, -0.25) is 4.79 Å². The Morgan fingerprint density at radius 3 is 2.76 bits per heavy atom. The molecule has 1 aromatic carbocycles. The van der Waals surface area contributed by atoms with E-state index in [9.17, 15) is 4.79 Å². The fourth-order valence-corrected chi connectivity index (χ4v) is 2.12. The lowest BCUT2D eigenvalue weighted by Crippen LogP contribution is -2.12. The SMILES string of the molecule is C=CCOc1c(Br)cc(/C=C(\C#N)C(N)=O)cc1OCC. The second kappa shape index (κ2) is 8.12. The summed E-state index contributed by atoms with van der Waals surface area (Å²) in [4.78, 5) is 11.1. The standard InChI is InChI=1S/C15H15BrN2O3/c1-3-5-21-14-12(16)7-10(8-13(14)20-4-2)6-11(9-17)15(18)19/h3,6-8H,1,4-5H2,2H3,(H2,18,19)/b11-6+. The molecule has 0 unspecified atom stereocenters. The zero-order valence-corrected chi connectivity index (χ0v) is 13.1.